The molecule has 1 unspecified atom stereocenters. The highest BCUT2D eigenvalue weighted by molar-refractivity contribution is 7.89. The van der Waals surface area contributed by atoms with Gasteiger partial charge in [-0.25, -0.2) is 12.7 Å². The lowest BCUT2D eigenvalue weighted by molar-refractivity contribution is 0.451. The first-order valence-corrected chi connectivity index (χ1v) is 9.39. The topological polar surface area (TPSA) is 69.6 Å². The Hall–Kier alpha value is -1.89. The van der Waals surface area contributed by atoms with Crippen LogP contribution >= 0.6 is 0 Å². The van der Waals surface area contributed by atoms with E-state index in [2.05, 4.69) is 17.4 Å². The molecule has 2 N–H and O–H groups in total. The minimum atomic E-state index is -3.67. The number of aromatic hydroxyl groups is 1. The van der Waals surface area contributed by atoms with E-state index in [-0.39, 0.29) is 16.6 Å². The molecule has 0 bridgehead atoms. The van der Waals surface area contributed by atoms with Crippen molar-refractivity contribution in [1.82, 2.24) is 9.62 Å². The third kappa shape index (κ3) is 3.05. The van der Waals surface area contributed by atoms with Gasteiger partial charge in [-0.3, -0.25) is 0 Å². The second kappa shape index (κ2) is 6.55. The smallest absolute Gasteiger partial charge is 0.246 e. The fraction of sp³-hybridized carbons (Fsp3) is 0.333. The van der Waals surface area contributed by atoms with Crippen LogP contribution < -0.4 is 5.32 Å². The average molecular weight is 346 g/mol. The molecule has 0 spiro atoms. The quantitative estimate of drug-likeness (QED) is 0.891. The maximum Gasteiger partial charge on any atom is 0.246 e. The summed E-state index contributed by atoms with van der Waals surface area (Å²) < 4.78 is 26.0. The van der Waals surface area contributed by atoms with Gasteiger partial charge in [0.25, 0.3) is 0 Å². The van der Waals surface area contributed by atoms with Crippen molar-refractivity contribution in [1.29, 1.82) is 0 Å². The first kappa shape index (κ1) is 17.0. The van der Waals surface area contributed by atoms with E-state index in [0.717, 1.165) is 40.5 Å². The summed E-state index contributed by atoms with van der Waals surface area (Å²) in [6.45, 7) is 1.54. The summed E-state index contributed by atoms with van der Waals surface area (Å²) in [5.74, 6) is -0.101. The molecule has 24 heavy (non-hydrogen) atoms. The summed E-state index contributed by atoms with van der Waals surface area (Å²) in [5, 5.41) is 13.8. The third-order valence-electron chi connectivity index (χ3n) is 4.48. The highest BCUT2D eigenvalue weighted by Gasteiger charge is 2.27. The molecule has 0 fully saturated rings. The Bertz CT molecular complexity index is 833. The number of nitrogens with one attached hydrogen (secondary N) is 1. The summed E-state index contributed by atoms with van der Waals surface area (Å²) in [5.41, 5.74) is 3.10. The SMILES string of the molecule is CN(C)S(=O)(=O)c1cc2c(cc1O)C(c1ccccc1)CNCC2. The number of rotatable bonds is 3. The molecule has 0 saturated carbocycles. The van der Waals surface area contributed by atoms with Crippen LogP contribution in [-0.2, 0) is 16.4 Å². The van der Waals surface area contributed by atoms with Crippen molar-refractivity contribution in [2.75, 3.05) is 27.2 Å². The zero-order chi connectivity index (χ0) is 17.3. The van der Waals surface area contributed by atoms with Gasteiger partial charge in [0.05, 0.1) is 0 Å². The van der Waals surface area contributed by atoms with E-state index in [1.54, 1.807) is 12.1 Å². The summed E-state index contributed by atoms with van der Waals surface area (Å²) in [7, 11) is -0.738. The zero-order valence-electron chi connectivity index (χ0n) is 13.9. The van der Waals surface area contributed by atoms with E-state index < -0.39 is 10.0 Å². The van der Waals surface area contributed by atoms with Gasteiger partial charge >= 0.3 is 0 Å². The van der Waals surface area contributed by atoms with Crippen molar-refractivity contribution in [3.05, 3.63) is 59.2 Å². The molecule has 5 nitrogen and oxygen atoms in total. The fourth-order valence-corrected chi connectivity index (χ4v) is 4.14. The molecule has 3 rings (SSSR count). The summed E-state index contributed by atoms with van der Waals surface area (Å²) >= 11 is 0. The fourth-order valence-electron chi connectivity index (χ4n) is 3.13. The van der Waals surface area contributed by atoms with Crippen molar-refractivity contribution >= 4 is 10.0 Å². The van der Waals surface area contributed by atoms with E-state index in [9.17, 15) is 13.5 Å². The predicted octanol–water partition coefficient (Wildman–Crippen LogP) is 1.92. The lowest BCUT2D eigenvalue weighted by atomic mass is 9.88. The molecule has 0 aliphatic carbocycles. The minimum absolute atomic E-state index is 0.0278. The molecule has 0 amide bonds. The first-order chi connectivity index (χ1) is 11.4. The molecular formula is C18H22N2O3S. The highest BCUT2D eigenvalue weighted by Crippen LogP contribution is 2.35. The highest BCUT2D eigenvalue weighted by atomic mass is 32.2. The monoisotopic (exact) mass is 346 g/mol. The Morgan fingerprint density at radius 2 is 1.88 bits per heavy atom. The average Bonchev–Trinajstić information content (AvgIpc) is 2.76. The zero-order valence-corrected chi connectivity index (χ0v) is 14.7. The van der Waals surface area contributed by atoms with E-state index in [4.69, 9.17) is 0 Å². The lowest BCUT2D eigenvalue weighted by Gasteiger charge is -2.20. The van der Waals surface area contributed by atoms with Gasteiger partial charge < -0.3 is 10.4 Å². The number of phenolic OH excluding ortho intramolecular Hbond substituents is 1. The molecule has 2 aromatic rings. The number of sulfonamides is 1. The molecule has 6 heteroatoms. The van der Waals surface area contributed by atoms with Gasteiger partial charge in [0, 0.05) is 26.6 Å². The van der Waals surface area contributed by atoms with Gasteiger partial charge in [-0.05, 0) is 41.8 Å². The summed E-state index contributed by atoms with van der Waals surface area (Å²) in [6.07, 6.45) is 0.731. The number of phenols is 1. The number of benzene rings is 2. The minimum Gasteiger partial charge on any atom is -0.507 e. The Morgan fingerprint density at radius 3 is 2.54 bits per heavy atom. The molecule has 0 saturated heterocycles. The summed E-state index contributed by atoms with van der Waals surface area (Å²) in [4.78, 5) is -0.0278. The molecule has 1 atom stereocenters. The number of nitrogens with zero attached hydrogens (tertiary/aromatic N) is 1. The van der Waals surface area contributed by atoms with Crippen LogP contribution in [0, 0.1) is 0 Å². The maximum atomic E-state index is 12.4. The molecular weight excluding hydrogens is 324 g/mol. The van der Waals surface area contributed by atoms with Crippen LogP contribution in [0.25, 0.3) is 0 Å². The third-order valence-corrected chi connectivity index (χ3v) is 6.32. The Labute approximate surface area is 143 Å². The predicted molar refractivity (Wildman–Crippen MR) is 93.8 cm³/mol. The van der Waals surface area contributed by atoms with Crippen molar-refractivity contribution in [3.8, 4) is 5.75 Å². The number of hydrogen-bond donors (Lipinski definition) is 2. The van der Waals surface area contributed by atoms with Gasteiger partial charge in [0.15, 0.2) is 0 Å². The van der Waals surface area contributed by atoms with E-state index >= 15 is 0 Å². The molecule has 0 radical (unpaired) electrons. The molecule has 1 heterocycles. The van der Waals surface area contributed by atoms with Crippen LogP contribution in [0.5, 0.6) is 5.75 Å². The van der Waals surface area contributed by atoms with Gasteiger partial charge in [0.2, 0.25) is 10.0 Å². The second-order valence-electron chi connectivity index (χ2n) is 6.22. The van der Waals surface area contributed by atoms with Crippen molar-refractivity contribution in [3.63, 3.8) is 0 Å². The molecule has 2 aromatic carbocycles. The van der Waals surface area contributed by atoms with Gasteiger partial charge in [-0.1, -0.05) is 30.3 Å². The van der Waals surface area contributed by atoms with E-state index in [0.29, 0.717) is 0 Å². The Morgan fingerprint density at radius 1 is 1.17 bits per heavy atom. The lowest BCUT2D eigenvalue weighted by Crippen LogP contribution is -2.22. The normalized spacial score (nSPS) is 18.2. The van der Waals surface area contributed by atoms with Crippen LogP contribution in [0.3, 0.4) is 0 Å². The van der Waals surface area contributed by atoms with Crippen LogP contribution in [0.4, 0.5) is 0 Å². The van der Waals surface area contributed by atoms with E-state index in [1.165, 1.54) is 14.1 Å². The molecule has 1 aliphatic rings. The number of hydrogen-bond acceptors (Lipinski definition) is 4. The van der Waals surface area contributed by atoms with Crippen molar-refractivity contribution in [2.45, 2.75) is 17.2 Å². The molecule has 128 valence electrons. The van der Waals surface area contributed by atoms with Crippen molar-refractivity contribution < 1.29 is 13.5 Å². The van der Waals surface area contributed by atoms with Crippen LogP contribution in [0.2, 0.25) is 0 Å². The van der Waals surface area contributed by atoms with Crippen LogP contribution in [-0.4, -0.2) is 45.0 Å². The Kier molecular flexibility index (Phi) is 4.62. The van der Waals surface area contributed by atoms with Crippen molar-refractivity contribution in [2.24, 2.45) is 0 Å². The van der Waals surface area contributed by atoms with Gasteiger partial charge in [-0.15, -0.1) is 0 Å². The molecule has 0 aromatic heterocycles. The van der Waals surface area contributed by atoms with Gasteiger partial charge in [0.1, 0.15) is 10.6 Å². The van der Waals surface area contributed by atoms with Gasteiger partial charge in [-0.2, -0.15) is 0 Å². The largest absolute Gasteiger partial charge is 0.507 e. The van der Waals surface area contributed by atoms with E-state index in [1.807, 2.05) is 18.2 Å². The van der Waals surface area contributed by atoms with Crippen LogP contribution in [0.1, 0.15) is 22.6 Å². The Balaban J connectivity index is 2.14. The van der Waals surface area contributed by atoms with Crippen LogP contribution in [0.15, 0.2) is 47.4 Å². The number of fused-ring (bicyclic) bond motifs is 1. The standard InChI is InChI=1S/C18H22N2O3S/c1-20(2)24(22,23)18-10-14-8-9-19-12-16(15(14)11-17(18)21)13-6-4-3-5-7-13/h3-7,10-11,16,19,21H,8-9,12H2,1-2H3. The first-order valence-electron chi connectivity index (χ1n) is 7.95. The second-order valence-corrected chi connectivity index (χ2v) is 8.34. The summed E-state index contributed by atoms with van der Waals surface area (Å²) in [6, 6.07) is 13.3. The maximum absolute atomic E-state index is 12.4. The molecule has 1 aliphatic heterocycles.